The van der Waals surface area contributed by atoms with Crippen LogP contribution in [0.25, 0.3) is 0 Å². The molecule has 0 N–H and O–H groups in total. The lowest BCUT2D eigenvalue weighted by Gasteiger charge is -2.38. The molecule has 1 unspecified atom stereocenters. The number of aromatic nitrogens is 1. The van der Waals surface area contributed by atoms with Gasteiger partial charge in [-0.3, -0.25) is 9.69 Å². The molecule has 0 bridgehead atoms. The van der Waals surface area contributed by atoms with Crippen LogP contribution in [0.15, 0.2) is 36.4 Å². The third kappa shape index (κ3) is 4.31. The van der Waals surface area contributed by atoms with E-state index in [4.69, 9.17) is 11.6 Å². The number of aryl methyl sites for hydroxylation is 1. The Morgan fingerprint density at radius 3 is 2.32 bits per heavy atom. The summed E-state index contributed by atoms with van der Waals surface area (Å²) in [4.78, 5) is 20.2. The van der Waals surface area contributed by atoms with E-state index in [9.17, 15) is 18.0 Å². The van der Waals surface area contributed by atoms with Crippen LogP contribution in [-0.2, 0) is 6.18 Å². The Morgan fingerprint density at radius 2 is 1.75 bits per heavy atom. The normalized spacial score (nSPS) is 16.9. The number of benzene rings is 1. The van der Waals surface area contributed by atoms with Gasteiger partial charge in [0.05, 0.1) is 11.3 Å². The summed E-state index contributed by atoms with van der Waals surface area (Å²) >= 11 is 6.28. The molecule has 1 fully saturated rings. The highest BCUT2D eigenvalue weighted by Crippen LogP contribution is 2.29. The van der Waals surface area contributed by atoms with Gasteiger partial charge in [-0.1, -0.05) is 29.8 Å². The lowest BCUT2D eigenvalue weighted by Crippen LogP contribution is -2.49. The van der Waals surface area contributed by atoms with E-state index >= 15 is 0 Å². The lowest BCUT2D eigenvalue weighted by molar-refractivity contribution is -0.141. The fourth-order valence-electron chi connectivity index (χ4n) is 3.44. The highest BCUT2D eigenvalue weighted by atomic mass is 35.5. The summed E-state index contributed by atoms with van der Waals surface area (Å²) < 4.78 is 38.3. The second-order valence-electron chi connectivity index (χ2n) is 6.85. The van der Waals surface area contributed by atoms with Crippen molar-refractivity contribution in [3.05, 3.63) is 63.9 Å². The molecule has 2 heterocycles. The molecule has 1 aromatic carbocycles. The summed E-state index contributed by atoms with van der Waals surface area (Å²) in [6, 6.07) is 9.85. The number of nitrogens with zero attached hydrogens (tertiary/aromatic N) is 3. The zero-order valence-corrected chi connectivity index (χ0v) is 16.4. The first-order valence-corrected chi connectivity index (χ1v) is 9.39. The molecule has 2 aromatic rings. The van der Waals surface area contributed by atoms with Crippen molar-refractivity contribution in [3.63, 3.8) is 0 Å². The standard InChI is InChI=1S/C20H21ClF3N3O/c1-13-15(7-8-18(25-13)20(22,23)24)19(28)27-11-9-26(10-12-27)14(2)16-5-3-4-6-17(16)21/h3-8,14H,9-12H2,1-2H3. The quantitative estimate of drug-likeness (QED) is 0.741. The first-order valence-electron chi connectivity index (χ1n) is 9.01. The molecule has 0 aliphatic carbocycles. The molecule has 1 saturated heterocycles. The predicted molar refractivity (Wildman–Crippen MR) is 101 cm³/mol. The van der Waals surface area contributed by atoms with Crippen molar-refractivity contribution in [2.24, 2.45) is 0 Å². The van der Waals surface area contributed by atoms with E-state index < -0.39 is 11.9 Å². The van der Waals surface area contributed by atoms with Crippen LogP contribution in [-0.4, -0.2) is 46.9 Å². The monoisotopic (exact) mass is 411 g/mol. The average molecular weight is 412 g/mol. The summed E-state index contributed by atoms with van der Waals surface area (Å²) in [5, 5.41) is 0.708. The van der Waals surface area contributed by atoms with Crippen LogP contribution < -0.4 is 0 Å². The van der Waals surface area contributed by atoms with Gasteiger partial charge in [0.25, 0.3) is 5.91 Å². The minimum absolute atomic E-state index is 0.0895. The number of rotatable bonds is 3. The summed E-state index contributed by atoms with van der Waals surface area (Å²) in [7, 11) is 0. The number of hydrogen-bond donors (Lipinski definition) is 0. The fraction of sp³-hybridized carbons (Fsp3) is 0.400. The molecule has 0 radical (unpaired) electrons. The van der Waals surface area contributed by atoms with Crippen molar-refractivity contribution >= 4 is 17.5 Å². The Bertz CT molecular complexity index is 864. The van der Waals surface area contributed by atoms with Crippen LogP contribution >= 0.6 is 11.6 Å². The maximum atomic E-state index is 12.8. The van der Waals surface area contributed by atoms with E-state index in [0.717, 1.165) is 11.6 Å². The molecular formula is C20H21ClF3N3O. The minimum Gasteiger partial charge on any atom is -0.336 e. The van der Waals surface area contributed by atoms with Gasteiger partial charge in [-0.05, 0) is 37.6 Å². The summed E-state index contributed by atoms with van der Waals surface area (Å²) in [6.07, 6.45) is -4.52. The molecule has 3 rings (SSSR count). The molecular weight excluding hydrogens is 391 g/mol. The maximum Gasteiger partial charge on any atom is 0.433 e. The predicted octanol–water partition coefficient (Wildman–Crippen LogP) is 4.58. The Labute approximate surface area is 166 Å². The van der Waals surface area contributed by atoms with Crippen molar-refractivity contribution < 1.29 is 18.0 Å². The van der Waals surface area contributed by atoms with Crippen molar-refractivity contribution in [1.29, 1.82) is 0 Å². The number of amides is 1. The van der Waals surface area contributed by atoms with Crippen molar-refractivity contribution in [2.75, 3.05) is 26.2 Å². The number of hydrogen-bond acceptors (Lipinski definition) is 3. The van der Waals surface area contributed by atoms with Gasteiger partial charge in [0.15, 0.2) is 0 Å². The number of pyridine rings is 1. The topological polar surface area (TPSA) is 36.4 Å². The SMILES string of the molecule is Cc1nc(C(F)(F)F)ccc1C(=O)N1CCN(C(C)c2ccccc2Cl)CC1. The zero-order valence-electron chi connectivity index (χ0n) is 15.6. The van der Waals surface area contributed by atoms with Crippen LogP contribution in [0.1, 0.15) is 40.3 Å². The minimum atomic E-state index is -4.52. The zero-order chi connectivity index (χ0) is 20.5. The van der Waals surface area contributed by atoms with E-state index in [2.05, 4.69) is 16.8 Å². The number of alkyl halides is 3. The Hall–Kier alpha value is -2.12. The molecule has 150 valence electrons. The number of carbonyl (C=O) groups is 1. The summed E-state index contributed by atoms with van der Waals surface area (Å²) in [6.45, 7) is 5.81. The van der Waals surface area contributed by atoms with Crippen LogP contribution in [0.5, 0.6) is 0 Å². The second-order valence-corrected chi connectivity index (χ2v) is 7.26. The van der Waals surface area contributed by atoms with E-state index in [1.165, 1.54) is 13.0 Å². The largest absolute Gasteiger partial charge is 0.433 e. The van der Waals surface area contributed by atoms with Crippen molar-refractivity contribution in [1.82, 2.24) is 14.8 Å². The molecule has 1 aliphatic heterocycles. The van der Waals surface area contributed by atoms with Gasteiger partial charge in [0.1, 0.15) is 5.69 Å². The molecule has 0 saturated carbocycles. The molecule has 1 aliphatic rings. The van der Waals surface area contributed by atoms with Crippen molar-refractivity contribution in [3.8, 4) is 0 Å². The Kier molecular flexibility index (Phi) is 5.95. The summed E-state index contributed by atoms with van der Waals surface area (Å²) in [5.41, 5.74) is 0.346. The fourth-order valence-corrected chi connectivity index (χ4v) is 3.73. The van der Waals surface area contributed by atoms with Crippen LogP contribution in [0.2, 0.25) is 5.02 Å². The second kappa shape index (κ2) is 8.09. The van der Waals surface area contributed by atoms with Crippen LogP contribution in [0.4, 0.5) is 13.2 Å². The van der Waals surface area contributed by atoms with E-state index in [1.807, 2.05) is 24.3 Å². The number of carbonyl (C=O) groups excluding carboxylic acids is 1. The first kappa shape index (κ1) is 20.6. The Morgan fingerprint density at radius 1 is 1.11 bits per heavy atom. The molecule has 1 atom stereocenters. The van der Waals surface area contributed by atoms with Gasteiger partial charge >= 0.3 is 6.18 Å². The third-order valence-corrected chi connectivity index (χ3v) is 5.46. The smallest absolute Gasteiger partial charge is 0.336 e. The van der Waals surface area contributed by atoms with Crippen LogP contribution in [0.3, 0.4) is 0 Å². The van der Waals surface area contributed by atoms with Crippen LogP contribution in [0, 0.1) is 6.92 Å². The first-order chi connectivity index (χ1) is 13.2. The molecule has 4 nitrogen and oxygen atoms in total. The molecule has 1 aromatic heterocycles. The number of halogens is 4. The third-order valence-electron chi connectivity index (χ3n) is 5.11. The highest BCUT2D eigenvalue weighted by molar-refractivity contribution is 6.31. The van der Waals surface area contributed by atoms with E-state index in [-0.39, 0.29) is 23.2 Å². The van der Waals surface area contributed by atoms with E-state index in [1.54, 1.807) is 4.90 Å². The number of piperazine rings is 1. The van der Waals surface area contributed by atoms with Crippen molar-refractivity contribution in [2.45, 2.75) is 26.1 Å². The molecule has 8 heteroatoms. The lowest BCUT2D eigenvalue weighted by atomic mass is 10.1. The summed E-state index contributed by atoms with van der Waals surface area (Å²) in [5.74, 6) is -0.288. The van der Waals surface area contributed by atoms with Gasteiger partial charge in [0.2, 0.25) is 0 Å². The van der Waals surface area contributed by atoms with Gasteiger partial charge in [-0.15, -0.1) is 0 Å². The van der Waals surface area contributed by atoms with Gasteiger partial charge in [0, 0.05) is 37.2 Å². The Balaban J connectivity index is 1.66. The molecule has 0 spiro atoms. The molecule has 28 heavy (non-hydrogen) atoms. The van der Waals surface area contributed by atoms with Gasteiger partial charge in [-0.25, -0.2) is 4.98 Å². The van der Waals surface area contributed by atoms with Gasteiger partial charge in [-0.2, -0.15) is 13.2 Å². The molecule has 1 amide bonds. The average Bonchev–Trinajstić information content (AvgIpc) is 2.66. The van der Waals surface area contributed by atoms with Gasteiger partial charge < -0.3 is 4.90 Å². The maximum absolute atomic E-state index is 12.8. The van der Waals surface area contributed by atoms with E-state index in [0.29, 0.717) is 31.2 Å². The highest BCUT2D eigenvalue weighted by Gasteiger charge is 2.34.